The number of hydrogen-bond acceptors (Lipinski definition) is 4. The van der Waals surface area contributed by atoms with Gasteiger partial charge >= 0.3 is 6.01 Å². The third-order valence-corrected chi connectivity index (χ3v) is 4.70. The first-order valence-corrected chi connectivity index (χ1v) is 8.11. The van der Waals surface area contributed by atoms with Gasteiger partial charge in [-0.15, -0.1) is 0 Å². The second-order valence-electron chi connectivity index (χ2n) is 6.54. The highest BCUT2D eigenvalue weighted by atomic mass is 16.3. The molecule has 0 aliphatic rings. The normalized spacial score (nSPS) is 11.8. The van der Waals surface area contributed by atoms with E-state index in [1.54, 1.807) is 6.20 Å². The van der Waals surface area contributed by atoms with Gasteiger partial charge in [0.1, 0.15) is 6.33 Å². The zero-order valence-electron chi connectivity index (χ0n) is 14.1. The Bertz CT molecular complexity index is 1020. The molecule has 0 amide bonds. The summed E-state index contributed by atoms with van der Waals surface area (Å²) in [5.41, 5.74) is 4.87. The van der Waals surface area contributed by atoms with E-state index in [0.717, 1.165) is 11.1 Å². The summed E-state index contributed by atoms with van der Waals surface area (Å²) in [7, 11) is 0. The van der Waals surface area contributed by atoms with Crippen molar-refractivity contribution >= 4 is 5.65 Å². The van der Waals surface area contributed by atoms with Gasteiger partial charge in [0.15, 0.2) is 5.65 Å². The summed E-state index contributed by atoms with van der Waals surface area (Å²) >= 11 is 0. The van der Waals surface area contributed by atoms with Crippen LogP contribution in [0.3, 0.4) is 0 Å². The minimum absolute atomic E-state index is 0.0820. The van der Waals surface area contributed by atoms with Crippen LogP contribution in [0.5, 0.6) is 6.01 Å². The SMILES string of the molecule is CC(C)(c1ccccc1)c1ccc(-c2cnn3c(O)ncnc23)cc1. The molecule has 0 radical (unpaired) electrons. The average molecular weight is 330 g/mol. The summed E-state index contributed by atoms with van der Waals surface area (Å²) in [4.78, 5) is 7.97. The molecule has 4 aromatic rings. The maximum Gasteiger partial charge on any atom is 0.318 e. The first-order valence-electron chi connectivity index (χ1n) is 8.11. The molecular formula is C20H18N4O. The largest absolute Gasteiger partial charge is 0.479 e. The van der Waals surface area contributed by atoms with Crippen molar-refractivity contribution in [3.05, 3.63) is 78.2 Å². The van der Waals surface area contributed by atoms with Gasteiger partial charge in [0.25, 0.3) is 0 Å². The summed E-state index contributed by atoms with van der Waals surface area (Å²) < 4.78 is 1.33. The summed E-state index contributed by atoms with van der Waals surface area (Å²) in [6.07, 6.45) is 3.03. The fraction of sp³-hybridized carbons (Fsp3) is 0.150. The molecule has 0 aliphatic carbocycles. The van der Waals surface area contributed by atoms with Crippen molar-refractivity contribution in [1.82, 2.24) is 19.6 Å². The topological polar surface area (TPSA) is 63.3 Å². The zero-order chi connectivity index (χ0) is 17.4. The molecule has 0 aliphatic heterocycles. The van der Waals surface area contributed by atoms with Crippen LogP contribution in [0.2, 0.25) is 0 Å². The summed E-state index contributed by atoms with van der Waals surface area (Å²) in [5, 5.41) is 13.9. The molecule has 2 heterocycles. The number of aromatic nitrogens is 4. The summed E-state index contributed by atoms with van der Waals surface area (Å²) in [6.45, 7) is 4.44. The number of aromatic hydroxyl groups is 1. The number of fused-ring (bicyclic) bond motifs is 1. The highest BCUT2D eigenvalue weighted by molar-refractivity contribution is 5.77. The highest BCUT2D eigenvalue weighted by Gasteiger charge is 2.23. The molecule has 4 rings (SSSR count). The maximum absolute atomic E-state index is 9.76. The lowest BCUT2D eigenvalue weighted by Crippen LogP contribution is -2.18. The van der Waals surface area contributed by atoms with E-state index < -0.39 is 0 Å². The lowest BCUT2D eigenvalue weighted by Gasteiger charge is -2.26. The lowest BCUT2D eigenvalue weighted by molar-refractivity contribution is 0.411. The van der Waals surface area contributed by atoms with Crippen LogP contribution in [0.4, 0.5) is 0 Å². The molecule has 5 heteroatoms. The van der Waals surface area contributed by atoms with Gasteiger partial charge < -0.3 is 5.11 Å². The van der Waals surface area contributed by atoms with Crippen molar-refractivity contribution in [3.63, 3.8) is 0 Å². The Morgan fingerprint density at radius 3 is 2.28 bits per heavy atom. The Hall–Kier alpha value is -3.21. The third kappa shape index (κ3) is 2.54. The number of hydrogen-bond donors (Lipinski definition) is 1. The fourth-order valence-electron chi connectivity index (χ4n) is 3.09. The monoisotopic (exact) mass is 330 g/mol. The Morgan fingerprint density at radius 2 is 1.56 bits per heavy atom. The van der Waals surface area contributed by atoms with Crippen molar-refractivity contribution in [3.8, 4) is 17.1 Å². The van der Waals surface area contributed by atoms with Crippen LogP contribution in [-0.4, -0.2) is 24.7 Å². The smallest absolute Gasteiger partial charge is 0.318 e. The second-order valence-corrected chi connectivity index (χ2v) is 6.54. The Balaban J connectivity index is 1.74. The van der Waals surface area contributed by atoms with Gasteiger partial charge in [-0.1, -0.05) is 68.4 Å². The first kappa shape index (κ1) is 15.3. The van der Waals surface area contributed by atoms with Crippen LogP contribution < -0.4 is 0 Å². The molecule has 2 aromatic carbocycles. The molecule has 25 heavy (non-hydrogen) atoms. The molecule has 2 aromatic heterocycles. The van der Waals surface area contributed by atoms with Crippen molar-refractivity contribution < 1.29 is 5.11 Å². The zero-order valence-corrected chi connectivity index (χ0v) is 14.1. The highest BCUT2D eigenvalue weighted by Crippen LogP contribution is 2.33. The van der Waals surface area contributed by atoms with Crippen LogP contribution in [0.25, 0.3) is 16.8 Å². The van der Waals surface area contributed by atoms with Gasteiger partial charge in [-0.25, -0.2) is 4.98 Å². The Morgan fingerprint density at radius 1 is 0.880 bits per heavy atom. The van der Waals surface area contributed by atoms with E-state index in [-0.39, 0.29) is 11.4 Å². The quantitative estimate of drug-likeness (QED) is 0.620. The van der Waals surface area contributed by atoms with Crippen molar-refractivity contribution in [2.75, 3.05) is 0 Å². The molecule has 0 bridgehead atoms. The van der Waals surface area contributed by atoms with Gasteiger partial charge in [0.2, 0.25) is 0 Å². The van der Waals surface area contributed by atoms with Gasteiger partial charge in [-0.2, -0.15) is 14.6 Å². The van der Waals surface area contributed by atoms with Crippen LogP contribution >= 0.6 is 0 Å². The Kier molecular flexibility index (Phi) is 3.50. The van der Waals surface area contributed by atoms with E-state index in [4.69, 9.17) is 0 Å². The Labute approximate surface area is 145 Å². The molecule has 0 saturated carbocycles. The summed E-state index contributed by atoms with van der Waals surface area (Å²) in [5.74, 6) is 0. The van der Waals surface area contributed by atoms with E-state index >= 15 is 0 Å². The van der Waals surface area contributed by atoms with Gasteiger partial charge in [0, 0.05) is 11.0 Å². The van der Waals surface area contributed by atoms with Crippen LogP contribution in [0, 0.1) is 0 Å². The molecule has 0 spiro atoms. The summed E-state index contributed by atoms with van der Waals surface area (Å²) in [6, 6.07) is 18.7. The molecule has 124 valence electrons. The first-order chi connectivity index (χ1) is 12.1. The molecule has 0 atom stereocenters. The molecule has 1 N–H and O–H groups in total. The predicted molar refractivity (Wildman–Crippen MR) is 96.5 cm³/mol. The molecule has 0 unspecified atom stereocenters. The fourth-order valence-corrected chi connectivity index (χ4v) is 3.09. The van der Waals surface area contributed by atoms with E-state index in [9.17, 15) is 5.11 Å². The molecule has 0 fully saturated rings. The average Bonchev–Trinajstić information content (AvgIpc) is 3.08. The van der Waals surface area contributed by atoms with Crippen molar-refractivity contribution in [1.29, 1.82) is 0 Å². The van der Waals surface area contributed by atoms with Gasteiger partial charge in [0.05, 0.1) is 6.20 Å². The minimum Gasteiger partial charge on any atom is -0.479 e. The predicted octanol–water partition coefficient (Wildman–Crippen LogP) is 3.82. The van der Waals surface area contributed by atoms with Crippen molar-refractivity contribution in [2.24, 2.45) is 0 Å². The van der Waals surface area contributed by atoms with Crippen LogP contribution in [-0.2, 0) is 5.41 Å². The van der Waals surface area contributed by atoms with Gasteiger partial charge in [-0.3, -0.25) is 0 Å². The van der Waals surface area contributed by atoms with Gasteiger partial charge in [-0.05, 0) is 16.7 Å². The molecule has 0 saturated heterocycles. The maximum atomic E-state index is 9.76. The van der Waals surface area contributed by atoms with E-state index in [1.807, 2.05) is 6.07 Å². The van der Waals surface area contributed by atoms with Crippen LogP contribution in [0.15, 0.2) is 67.1 Å². The van der Waals surface area contributed by atoms with E-state index in [0.29, 0.717) is 5.65 Å². The van der Waals surface area contributed by atoms with E-state index in [2.05, 4.69) is 77.4 Å². The van der Waals surface area contributed by atoms with Crippen LogP contribution in [0.1, 0.15) is 25.0 Å². The minimum atomic E-state index is -0.168. The number of rotatable bonds is 3. The van der Waals surface area contributed by atoms with E-state index in [1.165, 1.54) is 22.0 Å². The lowest BCUT2D eigenvalue weighted by atomic mass is 9.78. The van der Waals surface area contributed by atoms with Crippen molar-refractivity contribution in [2.45, 2.75) is 19.3 Å². The molecule has 5 nitrogen and oxygen atoms in total. The number of benzene rings is 2. The molecular weight excluding hydrogens is 312 g/mol. The second kappa shape index (κ2) is 5.70. The third-order valence-electron chi connectivity index (χ3n) is 4.70. The number of nitrogens with zero attached hydrogens (tertiary/aromatic N) is 4. The standard InChI is InChI=1S/C20H18N4O/c1-20(2,15-6-4-3-5-7-15)16-10-8-14(9-11-16)17-12-23-24-18(17)21-13-22-19(24)25/h3-13H,1-2H3,(H,21,22,25).